The van der Waals surface area contributed by atoms with E-state index in [1.807, 2.05) is 0 Å². The number of imidazole rings is 1. The van der Waals surface area contributed by atoms with Crippen LogP contribution in [0, 0.1) is 0 Å². The number of aromatic nitrogens is 3. The molecule has 2 heterocycles. The van der Waals surface area contributed by atoms with Crippen molar-refractivity contribution in [2.75, 3.05) is 18.9 Å². The van der Waals surface area contributed by atoms with Gasteiger partial charge in [0.25, 0.3) is 11.8 Å². The number of amides is 3. The van der Waals surface area contributed by atoms with E-state index in [0.29, 0.717) is 22.4 Å². The van der Waals surface area contributed by atoms with Gasteiger partial charge < -0.3 is 20.5 Å². The molecule has 0 aliphatic heterocycles. The van der Waals surface area contributed by atoms with Crippen LogP contribution in [0.4, 0.5) is 5.69 Å². The lowest BCUT2D eigenvalue weighted by molar-refractivity contribution is -0.118. The smallest absolute Gasteiger partial charge is 0.274 e. The third kappa shape index (κ3) is 3.92. The highest BCUT2D eigenvalue weighted by atomic mass is 16.2. The number of anilines is 1. The minimum absolute atomic E-state index is 0.190. The van der Waals surface area contributed by atoms with Gasteiger partial charge in [-0.2, -0.15) is 0 Å². The molecule has 0 aliphatic carbocycles. The Morgan fingerprint density at radius 1 is 1.22 bits per heavy atom. The maximum atomic E-state index is 12.5. The van der Waals surface area contributed by atoms with E-state index in [-0.39, 0.29) is 18.1 Å². The lowest BCUT2D eigenvalue weighted by atomic mass is 10.1. The number of carbonyl (C=O) groups excluding carboxylic acids is 3. The van der Waals surface area contributed by atoms with Gasteiger partial charge in [-0.05, 0) is 30.3 Å². The molecule has 1 aromatic carbocycles. The van der Waals surface area contributed by atoms with Crippen molar-refractivity contribution in [1.29, 1.82) is 0 Å². The van der Waals surface area contributed by atoms with Crippen molar-refractivity contribution < 1.29 is 14.4 Å². The van der Waals surface area contributed by atoms with Crippen molar-refractivity contribution in [2.24, 2.45) is 12.8 Å². The number of carbonyl (C=O) groups is 3. The summed E-state index contributed by atoms with van der Waals surface area (Å²) in [6.45, 7) is -0.190. The Morgan fingerprint density at radius 3 is 2.74 bits per heavy atom. The summed E-state index contributed by atoms with van der Waals surface area (Å²) in [6, 6.07) is 9.72. The number of hydrogen-bond acceptors (Lipinski definition) is 5. The van der Waals surface area contributed by atoms with E-state index in [2.05, 4.69) is 15.3 Å². The molecule has 0 fully saturated rings. The first-order valence-electron chi connectivity index (χ1n) is 8.08. The number of fused-ring (bicyclic) bond motifs is 1. The van der Waals surface area contributed by atoms with Gasteiger partial charge in [0.2, 0.25) is 5.91 Å². The fourth-order valence-electron chi connectivity index (χ4n) is 2.58. The Labute approximate surface area is 154 Å². The summed E-state index contributed by atoms with van der Waals surface area (Å²) in [6.07, 6.45) is 1.62. The third-order valence-electron chi connectivity index (χ3n) is 3.90. The molecule has 2 aromatic heterocycles. The molecule has 0 saturated carbocycles. The van der Waals surface area contributed by atoms with Crippen LogP contribution in [0.25, 0.3) is 11.2 Å². The second-order valence-electron chi connectivity index (χ2n) is 6.06. The van der Waals surface area contributed by atoms with Gasteiger partial charge >= 0.3 is 0 Å². The number of nitrogens with zero attached hydrogens (tertiary/aromatic N) is 4. The van der Waals surface area contributed by atoms with E-state index in [0.717, 1.165) is 0 Å². The van der Waals surface area contributed by atoms with Crippen LogP contribution >= 0.6 is 0 Å². The number of hydrogen-bond donors (Lipinski definition) is 2. The number of nitrogens with two attached hydrogens (primary N) is 1. The van der Waals surface area contributed by atoms with Gasteiger partial charge in [-0.3, -0.25) is 14.4 Å². The number of rotatable bonds is 5. The average Bonchev–Trinajstić information content (AvgIpc) is 3.01. The highest BCUT2D eigenvalue weighted by Crippen LogP contribution is 2.15. The molecule has 138 valence electrons. The molecule has 0 radical (unpaired) electrons. The van der Waals surface area contributed by atoms with E-state index in [1.165, 1.54) is 18.0 Å². The fourth-order valence-corrected chi connectivity index (χ4v) is 2.58. The van der Waals surface area contributed by atoms with Crippen LogP contribution in [0.1, 0.15) is 20.8 Å². The van der Waals surface area contributed by atoms with E-state index >= 15 is 0 Å². The molecule has 3 rings (SSSR count). The first-order chi connectivity index (χ1) is 12.8. The number of benzene rings is 1. The number of likely N-dealkylation sites (N-methyl/N-ethyl adjacent to an activating group) is 1. The van der Waals surface area contributed by atoms with Crippen molar-refractivity contribution in [1.82, 2.24) is 19.4 Å². The van der Waals surface area contributed by atoms with Gasteiger partial charge in [-0.25, -0.2) is 9.97 Å². The summed E-state index contributed by atoms with van der Waals surface area (Å²) in [5.41, 5.74) is 7.39. The molecule has 27 heavy (non-hydrogen) atoms. The Morgan fingerprint density at radius 2 is 2.00 bits per heavy atom. The molecule has 3 N–H and O–H groups in total. The zero-order chi connectivity index (χ0) is 19.6. The number of nitrogens with one attached hydrogen (secondary N) is 1. The van der Waals surface area contributed by atoms with Crippen LogP contribution in [0.3, 0.4) is 0 Å². The largest absolute Gasteiger partial charge is 0.368 e. The Bertz CT molecular complexity index is 1040. The topological polar surface area (TPSA) is 123 Å². The van der Waals surface area contributed by atoms with Crippen molar-refractivity contribution in [2.45, 2.75) is 0 Å². The van der Waals surface area contributed by atoms with Crippen molar-refractivity contribution >= 4 is 34.6 Å². The average molecular weight is 366 g/mol. The Kier molecular flexibility index (Phi) is 4.84. The molecule has 0 aliphatic rings. The zero-order valence-electron chi connectivity index (χ0n) is 14.8. The molecular weight excluding hydrogens is 348 g/mol. The summed E-state index contributed by atoms with van der Waals surface area (Å²) in [5, 5.41) is 2.72. The molecule has 0 atom stereocenters. The van der Waals surface area contributed by atoms with Gasteiger partial charge in [0, 0.05) is 25.3 Å². The van der Waals surface area contributed by atoms with E-state index < -0.39 is 11.8 Å². The minimum Gasteiger partial charge on any atom is -0.368 e. The quantitative estimate of drug-likeness (QED) is 0.691. The van der Waals surface area contributed by atoms with Crippen molar-refractivity contribution in [3.05, 3.63) is 54.0 Å². The number of aryl methyl sites for hydroxylation is 1. The maximum absolute atomic E-state index is 12.5. The van der Waals surface area contributed by atoms with Crippen molar-refractivity contribution in [3.8, 4) is 0 Å². The third-order valence-corrected chi connectivity index (χ3v) is 3.90. The molecule has 0 saturated heterocycles. The van der Waals surface area contributed by atoms with Gasteiger partial charge in [-0.15, -0.1) is 0 Å². The Balaban J connectivity index is 1.78. The molecular formula is C18H18N6O3. The van der Waals surface area contributed by atoms with Gasteiger partial charge in [0.1, 0.15) is 11.2 Å². The summed E-state index contributed by atoms with van der Waals surface area (Å²) < 4.78 is 1.72. The van der Waals surface area contributed by atoms with E-state index in [9.17, 15) is 14.4 Å². The van der Waals surface area contributed by atoms with Crippen LogP contribution in [-0.4, -0.2) is 50.7 Å². The molecule has 3 amide bonds. The fraction of sp³-hybridized carbons (Fsp3) is 0.167. The summed E-state index contributed by atoms with van der Waals surface area (Å²) in [5.74, 6) is -1.39. The molecule has 9 nitrogen and oxygen atoms in total. The predicted octanol–water partition coefficient (Wildman–Crippen LogP) is 0.778. The first kappa shape index (κ1) is 18.1. The molecule has 3 aromatic rings. The summed E-state index contributed by atoms with van der Waals surface area (Å²) >= 11 is 0. The van der Waals surface area contributed by atoms with E-state index in [1.54, 1.807) is 48.3 Å². The van der Waals surface area contributed by atoms with Crippen molar-refractivity contribution in [3.63, 3.8) is 0 Å². The molecule has 9 heteroatoms. The summed E-state index contributed by atoms with van der Waals surface area (Å²) in [7, 11) is 3.27. The zero-order valence-corrected chi connectivity index (χ0v) is 14.8. The lowest BCUT2D eigenvalue weighted by Crippen LogP contribution is -2.35. The van der Waals surface area contributed by atoms with Crippen LogP contribution < -0.4 is 11.1 Å². The minimum atomic E-state index is -0.605. The first-order valence-corrected chi connectivity index (χ1v) is 8.08. The molecule has 0 spiro atoms. The number of pyridine rings is 1. The van der Waals surface area contributed by atoms with Gasteiger partial charge in [0.05, 0.1) is 12.9 Å². The molecule has 0 bridgehead atoms. The van der Waals surface area contributed by atoms with E-state index in [4.69, 9.17) is 5.73 Å². The van der Waals surface area contributed by atoms with Crippen LogP contribution in [0.5, 0.6) is 0 Å². The Hall–Kier alpha value is -3.75. The van der Waals surface area contributed by atoms with Crippen LogP contribution in [0.15, 0.2) is 42.7 Å². The lowest BCUT2D eigenvalue weighted by Gasteiger charge is -2.15. The SMILES string of the molecule is CN(CC(N)=O)C(=O)c1cccc(NC(=O)c2ccc3ncn(C)c3n2)c1. The second kappa shape index (κ2) is 7.24. The highest BCUT2D eigenvalue weighted by molar-refractivity contribution is 6.04. The van der Waals surface area contributed by atoms with Gasteiger partial charge in [0.15, 0.2) is 5.65 Å². The summed E-state index contributed by atoms with van der Waals surface area (Å²) in [4.78, 5) is 45.5. The second-order valence-corrected chi connectivity index (χ2v) is 6.06. The monoisotopic (exact) mass is 366 g/mol. The van der Waals surface area contributed by atoms with Crippen LogP contribution in [0.2, 0.25) is 0 Å². The van der Waals surface area contributed by atoms with Gasteiger partial charge in [-0.1, -0.05) is 6.07 Å². The molecule has 0 unspecified atom stereocenters. The van der Waals surface area contributed by atoms with Crippen LogP contribution in [-0.2, 0) is 11.8 Å². The maximum Gasteiger partial charge on any atom is 0.274 e. The highest BCUT2D eigenvalue weighted by Gasteiger charge is 2.15. The normalized spacial score (nSPS) is 10.6. The standard InChI is InChI=1S/C18H18N6O3/c1-23(9-15(19)25)18(27)11-4-3-5-12(8-11)21-17(26)14-7-6-13-16(22-14)24(2)10-20-13/h3-8,10H,9H2,1-2H3,(H2,19,25)(H,21,26). The predicted molar refractivity (Wildman–Crippen MR) is 99.1 cm³/mol. The number of primary amides is 1.